The van der Waals surface area contributed by atoms with E-state index in [0.29, 0.717) is 24.1 Å². The van der Waals surface area contributed by atoms with Crippen LogP contribution in [0.1, 0.15) is 42.7 Å². The van der Waals surface area contributed by atoms with Crippen molar-refractivity contribution in [2.24, 2.45) is 10.9 Å². The fourth-order valence-corrected chi connectivity index (χ4v) is 4.75. The summed E-state index contributed by atoms with van der Waals surface area (Å²) in [5.74, 6) is -1.13. The first kappa shape index (κ1) is 19.8. The number of allylic oxidation sites excluding steroid dienone is 2. The molecule has 1 aliphatic carbocycles. The highest BCUT2D eigenvalue weighted by Crippen LogP contribution is 2.46. The summed E-state index contributed by atoms with van der Waals surface area (Å²) in [4.78, 5) is 30.7. The molecular weight excluding hydrogens is 430 g/mol. The second kappa shape index (κ2) is 8.07. The SMILES string of the molecule is COC(=O)C1C(C)=NC2=C(C(=O)C[C@@H](c3ccccc3)C2)[C@@H]1c1ccc(Br)cc1. The number of esters is 1. The Kier molecular flexibility index (Phi) is 5.50. The van der Waals surface area contributed by atoms with Gasteiger partial charge in [0.1, 0.15) is 5.92 Å². The summed E-state index contributed by atoms with van der Waals surface area (Å²) in [5, 5.41) is 0. The summed E-state index contributed by atoms with van der Waals surface area (Å²) in [7, 11) is 1.38. The molecule has 0 aromatic heterocycles. The predicted molar refractivity (Wildman–Crippen MR) is 116 cm³/mol. The summed E-state index contributed by atoms with van der Waals surface area (Å²) in [6.07, 6.45) is 1.13. The van der Waals surface area contributed by atoms with Gasteiger partial charge in [-0.2, -0.15) is 0 Å². The Hall–Kier alpha value is -2.53. The normalized spacial score (nSPS) is 24.0. The molecule has 0 radical (unpaired) electrons. The Labute approximate surface area is 178 Å². The minimum Gasteiger partial charge on any atom is -0.468 e. The van der Waals surface area contributed by atoms with E-state index in [0.717, 1.165) is 21.3 Å². The van der Waals surface area contributed by atoms with E-state index in [4.69, 9.17) is 9.73 Å². The molecular formula is C24H22BrNO3. The molecule has 2 aromatic rings. The number of hydrogen-bond acceptors (Lipinski definition) is 4. The zero-order valence-electron chi connectivity index (χ0n) is 16.4. The van der Waals surface area contributed by atoms with E-state index >= 15 is 0 Å². The lowest BCUT2D eigenvalue weighted by atomic mass is 9.69. The topological polar surface area (TPSA) is 55.7 Å². The summed E-state index contributed by atoms with van der Waals surface area (Å²) >= 11 is 3.46. The second-order valence-electron chi connectivity index (χ2n) is 7.58. The van der Waals surface area contributed by atoms with Crippen molar-refractivity contribution >= 4 is 33.4 Å². The zero-order valence-corrected chi connectivity index (χ0v) is 18.0. The first-order valence-electron chi connectivity index (χ1n) is 9.69. The molecule has 4 rings (SSSR count). The lowest BCUT2D eigenvalue weighted by molar-refractivity contribution is -0.143. The fourth-order valence-electron chi connectivity index (χ4n) is 4.48. The van der Waals surface area contributed by atoms with Gasteiger partial charge in [-0.1, -0.05) is 58.4 Å². The number of ketones is 1. The second-order valence-corrected chi connectivity index (χ2v) is 8.50. The number of hydrogen-bond donors (Lipinski definition) is 0. The average molecular weight is 452 g/mol. The van der Waals surface area contributed by atoms with E-state index in [1.807, 2.05) is 49.4 Å². The molecule has 0 fully saturated rings. The van der Waals surface area contributed by atoms with Crippen LogP contribution in [0.2, 0.25) is 0 Å². The highest BCUT2D eigenvalue weighted by molar-refractivity contribution is 9.10. The summed E-state index contributed by atoms with van der Waals surface area (Å²) in [6, 6.07) is 17.9. The van der Waals surface area contributed by atoms with E-state index < -0.39 is 5.92 Å². The molecule has 0 amide bonds. The number of rotatable bonds is 3. The third kappa shape index (κ3) is 3.71. The van der Waals surface area contributed by atoms with E-state index in [9.17, 15) is 9.59 Å². The standard InChI is InChI=1S/C24H22BrNO3/c1-14-21(24(28)29-2)22(16-8-10-18(25)11-9-16)23-19(26-14)12-17(13-20(23)27)15-6-4-3-5-7-15/h3-11,17,21-22H,12-13H2,1-2H3/t17-,21?,22+/m0/s1. The predicted octanol–water partition coefficient (Wildman–Crippen LogP) is 5.20. The highest BCUT2D eigenvalue weighted by Gasteiger charge is 2.44. The van der Waals surface area contributed by atoms with Gasteiger partial charge in [-0.3, -0.25) is 14.6 Å². The van der Waals surface area contributed by atoms with Gasteiger partial charge in [0.2, 0.25) is 0 Å². The van der Waals surface area contributed by atoms with E-state index in [1.165, 1.54) is 7.11 Å². The monoisotopic (exact) mass is 451 g/mol. The number of carbonyl (C=O) groups is 2. The minimum atomic E-state index is -0.586. The molecule has 1 heterocycles. The Morgan fingerprint density at radius 3 is 2.38 bits per heavy atom. The molecule has 2 aliphatic rings. The number of ether oxygens (including phenoxy) is 1. The summed E-state index contributed by atoms with van der Waals surface area (Å²) in [5.41, 5.74) is 4.25. The zero-order chi connectivity index (χ0) is 20.5. The van der Waals surface area contributed by atoms with Crippen molar-refractivity contribution in [1.82, 2.24) is 0 Å². The number of Topliss-reactive ketones (excluding diaryl/α,β-unsaturated/α-hetero) is 1. The van der Waals surface area contributed by atoms with Crippen LogP contribution in [-0.4, -0.2) is 24.6 Å². The molecule has 2 aromatic carbocycles. The van der Waals surface area contributed by atoms with Crippen LogP contribution in [0.25, 0.3) is 0 Å². The molecule has 0 N–H and O–H groups in total. The van der Waals surface area contributed by atoms with Crippen molar-refractivity contribution in [2.75, 3.05) is 7.11 Å². The van der Waals surface area contributed by atoms with Crippen LogP contribution in [0.15, 0.2) is 75.3 Å². The lowest BCUT2D eigenvalue weighted by Gasteiger charge is -2.36. The largest absolute Gasteiger partial charge is 0.468 e. The number of benzene rings is 2. The number of nitrogens with zero attached hydrogens (tertiary/aromatic N) is 1. The van der Waals surface area contributed by atoms with Crippen LogP contribution in [0.5, 0.6) is 0 Å². The van der Waals surface area contributed by atoms with Crippen molar-refractivity contribution in [2.45, 2.75) is 31.6 Å². The molecule has 0 bridgehead atoms. The highest BCUT2D eigenvalue weighted by atomic mass is 79.9. The minimum absolute atomic E-state index is 0.0678. The fraction of sp³-hybridized carbons (Fsp3) is 0.292. The van der Waals surface area contributed by atoms with E-state index in [-0.39, 0.29) is 23.6 Å². The van der Waals surface area contributed by atoms with Gasteiger partial charge in [0.15, 0.2) is 5.78 Å². The van der Waals surface area contributed by atoms with Crippen LogP contribution in [0, 0.1) is 5.92 Å². The van der Waals surface area contributed by atoms with Crippen LogP contribution in [0.3, 0.4) is 0 Å². The van der Waals surface area contributed by atoms with Crippen molar-refractivity contribution in [1.29, 1.82) is 0 Å². The molecule has 5 heteroatoms. The first-order chi connectivity index (χ1) is 14.0. The Balaban J connectivity index is 1.81. The number of methoxy groups -OCH3 is 1. The Morgan fingerprint density at radius 2 is 1.72 bits per heavy atom. The van der Waals surface area contributed by atoms with Crippen LogP contribution in [-0.2, 0) is 14.3 Å². The van der Waals surface area contributed by atoms with Gasteiger partial charge in [-0.05, 0) is 42.5 Å². The molecule has 148 valence electrons. The molecule has 1 aliphatic heterocycles. The van der Waals surface area contributed by atoms with Crippen molar-refractivity contribution in [3.8, 4) is 0 Å². The van der Waals surface area contributed by atoms with E-state index in [1.54, 1.807) is 0 Å². The number of halogens is 1. The van der Waals surface area contributed by atoms with E-state index in [2.05, 4.69) is 28.1 Å². The lowest BCUT2D eigenvalue weighted by Crippen LogP contribution is -2.37. The quantitative estimate of drug-likeness (QED) is 0.602. The van der Waals surface area contributed by atoms with Gasteiger partial charge in [0.05, 0.1) is 7.11 Å². The van der Waals surface area contributed by atoms with Gasteiger partial charge in [-0.25, -0.2) is 0 Å². The Morgan fingerprint density at radius 1 is 1.03 bits per heavy atom. The van der Waals surface area contributed by atoms with Crippen molar-refractivity contribution in [3.05, 3.63) is 81.5 Å². The summed E-state index contributed by atoms with van der Waals surface area (Å²) < 4.78 is 6.03. The van der Waals surface area contributed by atoms with Gasteiger partial charge < -0.3 is 4.74 Å². The van der Waals surface area contributed by atoms with Gasteiger partial charge in [-0.15, -0.1) is 0 Å². The van der Waals surface area contributed by atoms with Gasteiger partial charge in [0, 0.05) is 33.8 Å². The van der Waals surface area contributed by atoms with Crippen molar-refractivity contribution in [3.63, 3.8) is 0 Å². The third-order valence-corrected chi connectivity index (χ3v) is 6.37. The maximum Gasteiger partial charge on any atom is 0.315 e. The molecule has 0 spiro atoms. The van der Waals surface area contributed by atoms with Crippen LogP contribution in [0.4, 0.5) is 0 Å². The molecule has 4 nitrogen and oxygen atoms in total. The number of carbonyl (C=O) groups excluding carboxylic acids is 2. The number of aliphatic imine (C=N–C) groups is 1. The smallest absolute Gasteiger partial charge is 0.315 e. The summed E-state index contributed by atoms with van der Waals surface area (Å²) in [6.45, 7) is 1.85. The van der Waals surface area contributed by atoms with Gasteiger partial charge in [0.25, 0.3) is 0 Å². The molecule has 3 atom stereocenters. The van der Waals surface area contributed by atoms with Crippen LogP contribution >= 0.6 is 15.9 Å². The molecule has 0 saturated carbocycles. The molecule has 29 heavy (non-hydrogen) atoms. The third-order valence-electron chi connectivity index (χ3n) is 5.84. The first-order valence-corrected chi connectivity index (χ1v) is 10.5. The average Bonchev–Trinajstić information content (AvgIpc) is 2.73. The Bertz CT molecular complexity index is 1010. The van der Waals surface area contributed by atoms with Crippen LogP contribution < -0.4 is 0 Å². The maximum absolute atomic E-state index is 13.3. The van der Waals surface area contributed by atoms with Crippen molar-refractivity contribution < 1.29 is 14.3 Å². The molecule has 1 unspecified atom stereocenters. The maximum atomic E-state index is 13.3. The molecule has 0 saturated heterocycles. The van der Waals surface area contributed by atoms with Gasteiger partial charge >= 0.3 is 5.97 Å².